The minimum atomic E-state index is -0.400. The summed E-state index contributed by atoms with van der Waals surface area (Å²) in [7, 11) is 1.88. The number of hydrogen-bond acceptors (Lipinski definition) is 6. The largest absolute Gasteiger partial charge is 0.449 e. The number of amides is 3. The zero-order valence-corrected chi connectivity index (χ0v) is 20.4. The average Bonchev–Trinajstić information content (AvgIpc) is 3.08. The van der Waals surface area contributed by atoms with Gasteiger partial charge in [0.2, 0.25) is 11.8 Å². The molecule has 1 atom stereocenters. The lowest BCUT2D eigenvalue weighted by Gasteiger charge is -2.30. The second-order valence-electron chi connectivity index (χ2n) is 10.6. The summed E-state index contributed by atoms with van der Waals surface area (Å²) < 4.78 is 7.21. The molecule has 9 heteroatoms. The van der Waals surface area contributed by atoms with E-state index in [1.54, 1.807) is 4.68 Å². The molecular formula is C25H35N5O4. The maximum absolute atomic E-state index is 12.3. The number of imide groups is 1. The number of hydrogen-bond donors (Lipinski definition) is 3. The second-order valence-corrected chi connectivity index (χ2v) is 10.6. The summed E-state index contributed by atoms with van der Waals surface area (Å²) in [5.41, 5.74) is 2.41. The number of rotatable bonds is 5. The Morgan fingerprint density at radius 2 is 1.91 bits per heavy atom. The van der Waals surface area contributed by atoms with Gasteiger partial charge in [0, 0.05) is 36.1 Å². The fourth-order valence-corrected chi connectivity index (χ4v) is 4.83. The van der Waals surface area contributed by atoms with Crippen LogP contribution < -0.4 is 16.0 Å². The van der Waals surface area contributed by atoms with Crippen LogP contribution in [0, 0.1) is 5.92 Å². The number of aromatic nitrogens is 2. The third kappa shape index (κ3) is 5.69. The molecule has 1 aromatic heterocycles. The third-order valence-electron chi connectivity index (χ3n) is 6.59. The standard InChI is InChI=1S/C25H35N5O4/c1-25(2,3)28-24(33)34-14-15-5-7-16(8-6-15)26-17-9-10-18-20(13-17)30(4)29-22(18)19-11-12-21(31)27-23(19)32/h9-10,13,15-16,19,26H,5-8,11-12,14H2,1-4H3,(H,28,33)(H,27,31,32). The first-order valence-electron chi connectivity index (χ1n) is 12.1. The van der Waals surface area contributed by atoms with Gasteiger partial charge in [-0.3, -0.25) is 19.6 Å². The van der Waals surface area contributed by atoms with Gasteiger partial charge >= 0.3 is 6.09 Å². The lowest BCUT2D eigenvalue weighted by Crippen LogP contribution is -2.41. The molecular weight excluding hydrogens is 434 g/mol. The van der Waals surface area contributed by atoms with Crippen LogP contribution in [-0.4, -0.2) is 45.9 Å². The number of carbonyl (C=O) groups excluding carboxylic acids is 3. The number of aryl methyl sites for hydroxylation is 1. The molecule has 2 aromatic rings. The number of anilines is 1. The van der Waals surface area contributed by atoms with Gasteiger partial charge in [-0.05, 0) is 77.0 Å². The maximum atomic E-state index is 12.3. The Hall–Kier alpha value is -3.10. The van der Waals surface area contributed by atoms with Crippen molar-refractivity contribution in [3.63, 3.8) is 0 Å². The van der Waals surface area contributed by atoms with Gasteiger partial charge in [-0.25, -0.2) is 4.79 Å². The van der Waals surface area contributed by atoms with Gasteiger partial charge in [-0.15, -0.1) is 0 Å². The van der Waals surface area contributed by atoms with Crippen LogP contribution >= 0.6 is 0 Å². The molecule has 4 rings (SSSR count). The zero-order chi connectivity index (χ0) is 24.5. The molecule has 1 aliphatic carbocycles. The van der Waals surface area contributed by atoms with Crippen LogP contribution in [0.2, 0.25) is 0 Å². The van der Waals surface area contributed by atoms with E-state index < -0.39 is 5.92 Å². The summed E-state index contributed by atoms with van der Waals surface area (Å²) in [6.07, 6.45) is 4.51. The highest BCUT2D eigenvalue weighted by Gasteiger charge is 2.31. The molecule has 2 fully saturated rings. The lowest BCUT2D eigenvalue weighted by molar-refractivity contribution is -0.134. The Morgan fingerprint density at radius 1 is 1.18 bits per heavy atom. The predicted molar refractivity (Wildman–Crippen MR) is 129 cm³/mol. The predicted octanol–water partition coefficient (Wildman–Crippen LogP) is 3.59. The third-order valence-corrected chi connectivity index (χ3v) is 6.59. The number of carbonyl (C=O) groups is 3. The number of piperidine rings is 1. The highest BCUT2D eigenvalue weighted by Crippen LogP contribution is 2.32. The fourth-order valence-electron chi connectivity index (χ4n) is 4.83. The van der Waals surface area contributed by atoms with Crippen LogP contribution in [0.1, 0.15) is 70.9 Å². The molecule has 3 N–H and O–H groups in total. The van der Waals surface area contributed by atoms with Crippen molar-refractivity contribution in [3.05, 3.63) is 23.9 Å². The molecule has 1 unspecified atom stereocenters. The van der Waals surface area contributed by atoms with E-state index in [4.69, 9.17) is 4.74 Å². The number of nitrogens with one attached hydrogen (secondary N) is 3. The van der Waals surface area contributed by atoms with E-state index in [0.29, 0.717) is 31.4 Å². The van der Waals surface area contributed by atoms with Gasteiger partial charge in [0.1, 0.15) is 0 Å². The number of fused-ring (bicyclic) bond motifs is 1. The average molecular weight is 470 g/mol. The van der Waals surface area contributed by atoms with E-state index in [-0.39, 0.29) is 23.4 Å². The van der Waals surface area contributed by atoms with Crippen LogP contribution in [-0.2, 0) is 21.4 Å². The molecule has 0 bridgehead atoms. The van der Waals surface area contributed by atoms with Gasteiger partial charge < -0.3 is 15.4 Å². The van der Waals surface area contributed by atoms with Crippen LogP contribution in [0.25, 0.3) is 10.9 Å². The van der Waals surface area contributed by atoms with Crippen molar-refractivity contribution in [2.75, 3.05) is 11.9 Å². The molecule has 2 heterocycles. The van der Waals surface area contributed by atoms with E-state index in [9.17, 15) is 14.4 Å². The molecule has 2 aliphatic rings. The highest BCUT2D eigenvalue weighted by molar-refractivity contribution is 6.02. The summed E-state index contributed by atoms with van der Waals surface area (Å²) >= 11 is 0. The topological polar surface area (TPSA) is 114 Å². The molecule has 1 saturated heterocycles. The van der Waals surface area contributed by atoms with Crippen molar-refractivity contribution in [2.24, 2.45) is 13.0 Å². The summed E-state index contributed by atoms with van der Waals surface area (Å²) in [4.78, 5) is 35.7. The molecule has 0 spiro atoms. The first-order chi connectivity index (χ1) is 16.1. The quantitative estimate of drug-likeness (QED) is 0.577. The Bertz CT molecular complexity index is 1080. The Labute approximate surface area is 200 Å². The van der Waals surface area contributed by atoms with Crippen molar-refractivity contribution < 1.29 is 19.1 Å². The Kier molecular flexibility index (Phi) is 6.81. The summed E-state index contributed by atoms with van der Waals surface area (Å²) in [5.74, 6) is -0.500. The first kappa shape index (κ1) is 24.0. The SMILES string of the molecule is Cn1nc(C2CCC(=O)NC2=O)c2ccc(NC3CCC(COC(=O)NC(C)(C)C)CC3)cc21. The molecule has 34 heavy (non-hydrogen) atoms. The van der Waals surface area contributed by atoms with Crippen LogP contribution in [0.15, 0.2) is 18.2 Å². The highest BCUT2D eigenvalue weighted by atomic mass is 16.5. The minimum absolute atomic E-state index is 0.220. The molecule has 0 radical (unpaired) electrons. The van der Waals surface area contributed by atoms with E-state index in [2.05, 4.69) is 27.1 Å². The van der Waals surface area contributed by atoms with Gasteiger partial charge in [0.25, 0.3) is 0 Å². The first-order valence-corrected chi connectivity index (χ1v) is 12.1. The monoisotopic (exact) mass is 469 g/mol. The van der Waals surface area contributed by atoms with Crippen molar-refractivity contribution in [2.45, 2.75) is 76.8 Å². The van der Waals surface area contributed by atoms with E-state index >= 15 is 0 Å². The Morgan fingerprint density at radius 3 is 2.59 bits per heavy atom. The summed E-state index contributed by atoms with van der Waals surface area (Å²) in [6, 6.07) is 6.48. The van der Waals surface area contributed by atoms with E-state index in [0.717, 1.165) is 48.0 Å². The van der Waals surface area contributed by atoms with Crippen LogP contribution in [0.5, 0.6) is 0 Å². The van der Waals surface area contributed by atoms with Gasteiger partial charge in [-0.2, -0.15) is 5.10 Å². The second kappa shape index (κ2) is 9.64. The molecule has 1 aromatic carbocycles. The summed E-state index contributed by atoms with van der Waals surface area (Å²) in [6.45, 7) is 6.26. The maximum Gasteiger partial charge on any atom is 0.407 e. The smallest absolute Gasteiger partial charge is 0.407 e. The number of ether oxygens (including phenoxy) is 1. The van der Waals surface area contributed by atoms with E-state index in [1.807, 2.05) is 40.0 Å². The summed E-state index contributed by atoms with van der Waals surface area (Å²) in [5, 5.41) is 14.4. The minimum Gasteiger partial charge on any atom is -0.449 e. The van der Waals surface area contributed by atoms with Gasteiger partial charge in [0.05, 0.1) is 23.7 Å². The van der Waals surface area contributed by atoms with Crippen molar-refractivity contribution in [3.8, 4) is 0 Å². The molecule has 3 amide bonds. The lowest BCUT2D eigenvalue weighted by atomic mass is 9.86. The molecule has 184 valence electrons. The normalized spacial score (nSPS) is 23.5. The van der Waals surface area contributed by atoms with Gasteiger partial charge in [0.15, 0.2) is 0 Å². The Balaban J connectivity index is 1.33. The molecule has 9 nitrogen and oxygen atoms in total. The van der Waals surface area contributed by atoms with Gasteiger partial charge in [-0.1, -0.05) is 0 Å². The number of benzene rings is 1. The molecule has 1 saturated carbocycles. The van der Waals surface area contributed by atoms with E-state index in [1.165, 1.54) is 0 Å². The van der Waals surface area contributed by atoms with Crippen LogP contribution in [0.4, 0.5) is 10.5 Å². The molecule has 1 aliphatic heterocycles. The van der Waals surface area contributed by atoms with Crippen LogP contribution in [0.3, 0.4) is 0 Å². The van der Waals surface area contributed by atoms with Crippen molar-refractivity contribution in [1.29, 1.82) is 0 Å². The zero-order valence-electron chi connectivity index (χ0n) is 20.4. The van der Waals surface area contributed by atoms with Crippen molar-refractivity contribution in [1.82, 2.24) is 20.4 Å². The number of alkyl carbamates (subject to hydrolysis) is 1. The fraction of sp³-hybridized carbons (Fsp3) is 0.600. The number of nitrogens with zero attached hydrogens (tertiary/aromatic N) is 2. The van der Waals surface area contributed by atoms with Crippen molar-refractivity contribution >= 4 is 34.5 Å².